The molecule has 0 aromatic heterocycles. The molecule has 1 saturated heterocycles. The van der Waals surface area contributed by atoms with Gasteiger partial charge in [0.2, 0.25) is 0 Å². The summed E-state index contributed by atoms with van der Waals surface area (Å²) in [4.78, 5) is 4.82. The molecule has 29 heavy (non-hydrogen) atoms. The predicted molar refractivity (Wildman–Crippen MR) is 121 cm³/mol. The standard InChI is InChI=1S/C26H34N2O/c1-20(2)11-10-16-24(27-17-8-9-18-27)26(29)28-23-15-7-6-14-22(23)19-25(28)21-12-4-3-5-13-21/h3-7,12-15,24-26,29H,1,8-11,16-19H2,2H3. The average Bonchev–Trinajstić information content (AvgIpc) is 3.39. The Bertz CT molecular complexity index is 812. The van der Waals surface area contributed by atoms with Crippen molar-refractivity contribution in [3.8, 4) is 0 Å². The molecule has 3 nitrogen and oxygen atoms in total. The van der Waals surface area contributed by atoms with Gasteiger partial charge < -0.3 is 10.0 Å². The normalized spacial score (nSPS) is 21.2. The first-order valence-corrected chi connectivity index (χ1v) is 11.1. The van der Waals surface area contributed by atoms with Gasteiger partial charge in [-0.3, -0.25) is 4.90 Å². The molecule has 2 aliphatic rings. The van der Waals surface area contributed by atoms with Gasteiger partial charge in [0.1, 0.15) is 6.23 Å². The van der Waals surface area contributed by atoms with Crippen molar-refractivity contribution in [2.75, 3.05) is 18.0 Å². The van der Waals surface area contributed by atoms with Crippen LogP contribution in [0.1, 0.15) is 56.2 Å². The first-order chi connectivity index (χ1) is 14.1. The average molecular weight is 391 g/mol. The van der Waals surface area contributed by atoms with E-state index in [2.05, 4.69) is 77.9 Å². The molecule has 0 aliphatic carbocycles. The van der Waals surface area contributed by atoms with Crippen LogP contribution >= 0.6 is 0 Å². The Morgan fingerprint density at radius 1 is 1.07 bits per heavy atom. The number of aliphatic hydroxyl groups excluding tert-OH is 1. The molecule has 1 fully saturated rings. The molecule has 0 amide bonds. The van der Waals surface area contributed by atoms with Gasteiger partial charge in [0.05, 0.1) is 12.1 Å². The van der Waals surface area contributed by atoms with Crippen LogP contribution in [0.3, 0.4) is 0 Å². The maximum atomic E-state index is 11.8. The second-order valence-electron chi connectivity index (χ2n) is 8.74. The Balaban J connectivity index is 1.64. The zero-order valence-corrected chi connectivity index (χ0v) is 17.6. The van der Waals surface area contributed by atoms with Gasteiger partial charge in [0, 0.05) is 5.69 Å². The van der Waals surface area contributed by atoms with Gasteiger partial charge in [0.15, 0.2) is 0 Å². The van der Waals surface area contributed by atoms with E-state index >= 15 is 0 Å². The molecule has 0 saturated carbocycles. The minimum atomic E-state index is -0.507. The van der Waals surface area contributed by atoms with E-state index in [-0.39, 0.29) is 12.1 Å². The van der Waals surface area contributed by atoms with Crippen LogP contribution in [-0.4, -0.2) is 35.4 Å². The molecule has 2 aromatic carbocycles. The fourth-order valence-electron chi connectivity index (χ4n) is 5.08. The highest BCUT2D eigenvalue weighted by atomic mass is 16.3. The molecule has 2 aromatic rings. The van der Waals surface area contributed by atoms with Gasteiger partial charge in [-0.15, -0.1) is 6.58 Å². The van der Waals surface area contributed by atoms with Crippen molar-refractivity contribution < 1.29 is 5.11 Å². The van der Waals surface area contributed by atoms with E-state index < -0.39 is 6.23 Å². The smallest absolute Gasteiger partial charge is 0.143 e. The number of benzene rings is 2. The van der Waals surface area contributed by atoms with Crippen LogP contribution in [0.5, 0.6) is 0 Å². The SMILES string of the molecule is C=C(C)CCCC(C(O)N1c2ccccc2CC1c1ccccc1)N1CCCC1. The molecule has 3 unspecified atom stereocenters. The largest absolute Gasteiger partial charge is 0.372 e. The van der Waals surface area contributed by atoms with Crippen molar-refractivity contribution >= 4 is 5.69 Å². The monoisotopic (exact) mass is 390 g/mol. The van der Waals surface area contributed by atoms with E-state index in [9.17, 15) is 5.11 Å². The number of nitrogens with zero attached hydrogens (tertiary/aromatic N) is 2. The molecule has 0 radical (unpaired) electrons. The Morgan fingerprint density at radius 2 is 1.76 bits per heavy atom. The lowest BCUT2D eigenvalue weighted by Crippen LogP contribution is -2.51. The summed E-state index contributed by atoms with van der Waals surface area (Å²) >= 11 is 0. The molecule has 0 bridgehead atoms. The maximum Gasteiger partial charge on any atom is 0.143 e. The van der Waals surface area contributed by atoms with Gasteiger partial charge in [0.25, 0.3) is 0 Å². The van der Waals surface area contributed by atoms with E-state index in [1.165, 1.54) is 35.2 Å². The van der Waals surface area contributed by atoms with Crippen molar-refractivity contribution in [1.82, 2.24) is 4.90 Å². The van der Waals surface area contributed by atoms with Crippen molar-refractivity contribution in [1.29, 1.82) is 0 Å². The van der Waals surface area contributed by atoms with Crippen molar-refractivity contribution in [2.45, 2.75) is 63.8 Å². The van der Waals surface area contributed by atoms with Crippen LogP contribution in [0.4, 0.5) is 5.69 Å². The summed E-state index contributed by atoms with van der Waals surface area (Å²) in [5.41, 5.74) is 5.04. The summed E-state index contributed by atoms with van der Waals surface area (Å²) in [5, 5.41) is 11.8. The summed E-state index contributed by atoms with van der Waals surface area (Å²) in [5.74, 6) is 0. The van der Waals surface area contributed by atoms with Crippen LogP contribution in [0.2, 0.25) is 0 Å². The molecular weight excluding hydrogens is 356 g/mol. The number of aliphatic hydroxyl groups is 1. The Hall–Kier alpha value is -2.10. The van der Waals surface area contributed by atoms with Gasteiger partial charge in [-0.2, -0.15) is 0 Å². The number of para-hydroxylation sites is 1. The van der Waals surface area contributed by atoms with Crippen LogP contribution in [-0.2, 0) is 6.42 Å². The number of rotatable bonds is 8. The van der Waals surface area contributed by atoms with Gasteiger partial charge >= 0.3 is 0 Å². The fourth-order valence-corrected chi connectivity index (χ4v) is 5.08. The van der Waals surface area contributed by atoms with E-state index in [4.69, 9.17) is 0 Å². The minimum Gasteiger partial charge on any atom is -0.372 e. The lowest BCUT2D eigenvalue weighted by atomic mass is 10.00. The third-order valence-corrected chi connectivity index (χ3v) is 6.55. The highest BCUT2D eigenvalue weighted by molar-refractivity contribution is 5.61. The lowest BCUT2D eigenvalue weighted by Gasteiger charge is -2.40. The van der Waals surface area contributed by atoms with Crippen LogP contribution < -0.4 is 4.90 Å². The summed E-state index contributed by atoms with van der Waals surface area (Å²) < 4.78 is 0. The number of likely N-dealkylation sites (tertiary alicyclic amines) is 1. The van der Waals surface area contributed by atoms with Gasteiger partial charge in [-0.1, -0.05) is 54.1 Å². The van der Waals surface area contributed by atoms with E-state index in [1.807, 2.05) is 0 Å². The third-order valence-electron chi connectivity index (χ3n) is 6.55. The number of hydrogen-bond acceptors (Lipinski definition) is 3. The van der Waals surface area contributed by atoms with Crippen molar-refractivity contribution in [3.05, 3.63) is 77.9 Å². The topological polar surface area (TPSA) is 26.7 Å². The quantitative estimate of drug-likeness (QED) is 0.618. The Morgan fingerprint density at radius 3 is 2.48 bits per heavy atom. The molecule has 4 rings (SSSR count). The second kappa shape index (κ2) is 9.15. The van der Waals surface area contributed by atoms with Crippen molar-refractivity contribution in [2.24, 2.45) is 0 Å². The predicted octanol–water partition coefficient (Wildman–Crippen LogP) is 5.32. The third kappa shape index (κ3) is 4.41. The molecular formula is C26H34N2O. The zero-order valence-electron chi connectivity index (χ0n) is 17.6. The Kier molecular flexibility index (Phi) is 6.37. The van der Waals surface area contributed by atoms with Crippen LogP contribution in [0.25, 0.3) is 0 Å². The highest BCUT2D eigenvalue weighted by Crippen LogP contribution is 2.42. The first-order valence-electron chi connectivity index (χ1n) is 11.1. The maximum absolute atomic E-state index is 11.8. The molecule has 3 atom stereocenters. The van der Waals surface area contributed by atoms with Gasteiger partial charge in [-0.05, 0) is 75.7 Å². The number of fused-ring (bicyclic) bond motifs is 1. The van der Waals surface area contributed by atoms with Gasteiger partial charge in [-0.25, -0.2) is 0 Å². The first kappa shape index (κ1) is 20.2. The molecule has 0 spiro atoms. The molecule has 2 heterocycles. The van der Waals surface area contributed by atoms with E-state index in [1.54, 1.807) is 0 Å². The summed E-state index contributed by atoms with van der Waals surface area (Å²) in [7, 11) is 0. The minimum absolute atomic E-state index is 0.161. The fraction of sp³-hybridized carbons (Fsp3) is 0.462. The van der Waals surface area contributed by atoms with Crippen molar-refractivity contribution in [3.63, 3.8) is 0 Å². The summed E-state index contributed by atoms with van der Waals surface area (Å²) in [6, 6.07) is 19.6. The van der Waals surface area contributed by atoms with E-state index in [0.29, 0.717) is 0 Å². The second-order valence-corrected chi connectivity index (χ2v) is 8.74. The summed E-state index contributed by atoms with van der Waals surface area (Å²) in [6.45, 7) is 8.36. The highest BCUT2D eigenvalue weighted by Gasteiger charge is 2.39. The van der Waals surface area contributed by atoms with E-state index in [0.717, 1.165) is 38.8 Å². The number of allylic oxidation sites excluding steroid dienone is 1. The molecule has 1 N–H and O–H groups in total. The van der Waals surface area contributed by atoms with Crippen LogP contribution in [0.15, 0.2) is 66.7 Å². The molecule has 3 heteroatoms. The number of anilines is 1. The molecule has 2 aliphatic heterocycles. The zero-order chi connectivity index (χ0) is 20.2. The Labute approximate surface area is 175 Å². The summed E-state index contributed by atoms with van der Waals surface area (Å²) in [6.07, 6.45) is 6.05. The van der Waals surface area contributed by atoms with Crippen LogP contribution in [0, 0.1) is 0 Å². The number of hydrogen-bond donors (Lipinski definition) is 1. The lowest BCUT2D eigenvalue weighted by molar-refractivity contribution is 0.0486. The molecule has 154 valence electrons.